The van der Waals surface area contributed by atoms with Crippen LogP contribution in [0.2, 0.25) is 0 Å². The van der Waals surface area contributed by atoms with Crippen molar-refractivity contribution >= 4 is 5.69 Å². The largest absolute Gasteiger partial charge is 0.373 e. The van der Waals surface area contributed by atoms with E-state index in [2.05, 4.69) is 42.1 Å². The van der Waals surface area contributed by atoms with E-state index in [9.17, 15) is 4.48 Å². The SMILES string of the molecule is CN(CC1CCCN1C)c1ccccc1C1CCCN1F. The predicted molar refractivity (Wildman–Crippen MR) is 85.2 cm³/mol. The third-order valence-electron chi connectivity index (χ3n) is 5.05. The van der Waals surface area contributed by atoms with Crippen LogP contribution in [-0.2, 0) is 0 Å². The fourth-order valence-corrected chi connectivity index (χ4v) is 3.78. The molecule has 0 saturated carbocycles. The molecule has 116 valence electrons. The molecule has 2 aliphatic rings. The van der Waals surface area contributed by atoms with Crippen LogP contribution in [0, 0.1) is 0 Å². The van der Waals surface area contributed by atoms with E-state index in [0.717, 1.165) is 30.1 Å². The smallest absolute Gasteiger partial charge is 0.0672 e. The molecule has 21 heavy (non-hydrogen) atoms. The third-order valence-corrected chi connectivity index (χ3v) is 5.05. The lowest BCUT2D eigenvalue weighted by Gasteiger charge is -2.30. The molecule has 4 heteroatoms. The minimum Gasteiger partial charge on any atom is -0.373 e. The van der Waals surface area contributed by atoms with E-state index in [1.807, 2.05) is 6.07 Å². The molecule has 0 spiro atoms. The van der Waals surface area contributed by atoms with Crippen LogP contribution in [0.25, 0.3) is 0 Å². The van der Waals surface area contributed by atoms with Crippen molar-refractivity contribution in [1.29, 1.82) is 0 Å². The maximum atomic E-state index is 14.0. The van der Waals surface area contributed by atoms with Crippen LogP contribution >= 0.6 is 0 Å². The van der Waals surface area contributed by atoms with Crippen molar-refractivity contribution in [1.82, 2.24) is 10.0 Å². The molecule has 2 fully saturated rings. The fraction of sp³-hybridized carbons (Fsp3) is 0.647. The number of para-hydroxylation sites is 1. The number of likely N-dealkylation sites (tertiary alicyclic amines) is 1. The van der Waals surface area contributed by atoms with Gasteiger partial charge in [-0.1, -0.05) is 18.2 Å². The zero-order valence-electron chi connectivity index (χ0n) is 13.1. The highest BCUT2D eigenvalue weighted by molar-refractivity contribution is 5.54. The Labute approximate surface area is 127 Å². The van der Waals surface area contributed by atoms with Crippen molar-refractivity contribution in [3.05, 3.63) is 29.8 Å². The van der Waals surface area contributed by atoms with Crippen LogP contribution in [0.1, 0.15) is 37.3 Å². The van der Waals surface area contributed by atoms with Crippen LogP contribution in [0.15, 0.2) is 24.3 Å². The molecule has 2 unspecified atom stereocenters. The van der Waals surface area contributed by atoms with Crippen LogP contribution in [0.3, 0.4) is 0 Å². The van der Waals surface area contributed by atoms with E-state index in [0.29, 0.717) is 12.6 Å². The second kappa shape index (κ2) is 6.32. The first-order valence-corrected chi connectivity index (χ1v) is 8.09. The molecule has 2 aliphatic heterocycles. The summed E-state index contributed by atoms with van der Waals surface area (Å²) < 4.78 is 14.0. The van der Waals surface area contributed by atoms with E-state index in [1.54, 1.807) is 0 Å². The van der Waals surface area contributed by atoms with Gasteiger partial charge in [0.15, 0.2) is 0 Å². The van der Waals surface area contributed by atoms with Gasteiger partial charge in [0.05, 0.1) is 6.04 Å². The Morgan fingerprint density at radius 3 is 2.62 bits per heavy atom. The van der Waals surface area contributed by atoms with Gasteiger partial charge in [0, 0.05) is 31.9 Å². The summed E-state index contributed by atoms with van der Waals surface area (Å²) in [7, 11) is 4.35. The average Bonchev–Trinajstić information content (AvgIpc) is 3.08. The Morgan fingerprint density at radius 2 is 1.95 bits per heavy atom. The zero-order valence-corrected chi connectivity index (χ0v) is 13.1. The summed E-state index contributed by atoms with van der Waals surface area (Å²) in [5.74, 6) is 0. The Kier molecular flexibility index (Phi) is 4.45. The second-order valence-corrected chi connectivity index (χ2v) is 6.50. The Hall–Kier alpha value is -1.13. The maximum Gasteiger partial charge on any atom is 0.0672 e. The van der Waals surface area contributed by atoms with Crippen LogP contribution in [-0.4, -0.2) is 49.8 Å². The maximum absolute atomic E-state index is 14.0. The van der Waals surface area contributed by atoms with Crippen LogP contribution < -0.4 is 4.90 Å². The minimum atomic E-state index is -0.0649. The molecule has 2 heterocycles. The first kappa shape index (κ1) is 14.8. The summed E-state index contributed by atoms with van der Waals surface area (Å²) in [6.07, 6.45) is 4.43. The summed E-state index contributed by atoms with van der Waals surface area (Å²) in [5, 5.41) is 1.01. The fourth-order valence-electron chi connectivity index (χ4n) is 3.78. The highest BCUT2D eigenvalue weighted by atomic mass is 19.2. The average molecular weight is 291 g/mol. The van der Waals surface area contributed by atoms with E-state index in [-0.39, 0.29) is 6.04 Å². The van der Waals surface area contributed by atoms with Crippen molar-refractivity contribution in [2.75, 3.05) is 38.6 Å². The molecule has 0 aromatic heterocycles. The van der Waals surface area contributed by atoms with Crippen molar-refractivity contribution in [3.8, 4) is 0 Å². The molecule has 3 rings (SSSR count). The molecule has 2 saturated heterocycles. The van der Waals surface area contributed by atoms with Gasteiger partial charge in [-0.25, -0.2) is 0 Å². The normalized spacial score (nSPS) is 27.4. The van der Waals surface area contributed by atoms with Gasteiger partial charge in [0.2, 0.25) is 0 Å². The Balaban J connectivity index is 1.77. The zero-order chi connectivity index (χ0) is 14.8. The number of hydrogen-bond acceptors (Lipinski definition) is 3. The van der Waals surface area contributed by atoms with Gasteiger partial charge < -0.3 is 9.80 Å². The number of hydrogen-bond donors (Lipinski definition) is 0. The lowest BCUT2D eigenvalue weighted by atomic mass is 10.0. The Bertz CT molecular complexity index is 479. The topological polar surface area (TPSA) is 9.72 Å². The van der Waals surface area contributed by atoms with Gasteiger partial charge in [0.25, 0.3) is 0 Å². The molecule has 0 bridgehead atoms. The molecule has 3 nitrogen and oxygen atoms in total. The first-order chi connectivity index (χ1) is 10.2. The van der Waals surface area contributed by atoms with Gasteiger partial charge in [-0.2, -0.15) is 0 Å². The number of rotatable bonds is 4. The molecule has 0 aliphatic carbocycles. The summed E-state index contributed by atoms with van der Waals surface area (Å²) in [6.45, 7) is 2.78. The quantitative estimate of drug-likeness (QED) is 0.789. The molecule has 2 atom stereocenters. The molecule has 1 aromatic rings. The number of benzene rings is 1. The van der Waals surface area contributed by atoms with Gasteiger partial charge in [-0.3, -0.25) is 0 Å². The number of likely N-dealkylation sites (N-methyl/N-ethyl adjacent to an activating group) is 2. The molecule has 0 amide bonds. The predicted octanol–water partition coefficient (Wildman–Crippen LogP) is 3.24. The number of halogens is 1. The van der Waals surface area contributed by atoms with Gasteiger partial charge in [-0.05, 0) is 50.9 Å². The van der Waals surface area contributed by atoms with Crippen molar-refractivity contribution < 1.29 is 4.48 Å². The highest BCUT2D eigenvalue weighted by Crippen LogP contribution is 2.37. The Morgan fingerprint density at radius 1 is 1.19 bits per heavy atom. The summed E-state index contributed by atoms with van der Waals surface area (Å²) in [4.78, 5) is 4.75. The van der Waals surface area contributed by atoms with Gasteiger partial charge in [-0.15, -0.1) is 9.60 Å². The lowest BCUT2D eigenvalue weighted by molar-refractivity contribution is 0.0104. The molecular formula is C17H26FN3. The van der Waals surface area contributed by atoms with Gasteiger partial charge >= 0.3 is 0 Å². The van der Waals surface area contributed by atoms with E-state index < -0.39 is 0 Å². The minimum absolute atomic E-state index is 0.0649. The summed E-state index contributed by atoms with van der Waals surface area (Å²) >= 11 is 0. The third kappa shape index (κ3) is 3.06. The standard InChI is InChI=1S/C17H26FN3/c1-19-11-5-7-14(19)13-20(2)16-9-4-3-8-15(16)17-10-6-12-21(17)18/h3-4,8-9,14,17H,5-7,10-13H2,1-2H3. The molecule has 0 N–H and O–H groups in total. The number of anilines is 1. The van der Waals surface area contributed by atoms with Gasteiger partial charge in [0.1, 0.15) is 0 Å². The lowest BCUT2D eigenvalue weighted by Crippen LogP contribution is -2.37. The molecular weight excluding hydrogens is 265 g/mol. The number of nitrogens with zero attached hydrogens (tertiary/aromatic N) is 3. The van der Waals surface area contributed by atoms with E-state index in [1.165, 1.54) is 25.1 Å². The monoisotopic (exact) mass is 291 g/mol. The van der Waals surface area contributed by atoms with E-state index >= 15 is 0 Å². The molecule has 0 radical (unpaired) electrons. The second-order valence-electron chi connectivity index (χ2n) is 6.50. The molecule has 1 aromatic carbocycles. The van der Waals surface area contributed by atoms with Crippen LogP contribution in [0.5, 0.6) is 0 Å². The van der Waals surface area contributed by atoms with Crippen molar-refractivity contribution in [2.24, 2.45) is 0 Å². The van der Waals surface area contributed by atoms with Crippen molar-refractivity contribution in [3.63, 3.8) is 0 Å². The highest BCUT2D eigenvalue weighted by Gasteiger charge is 2.29. The summed E-state index contributed by atoms with van der Waals surface area (Å²) in [5.41, 5.74) is 2.33. The van der Waals surface area contributed by atoms with E-state index in [4.69, 9.17) is 0 Å². The summed E-state index contributed by atoms with van der Waals surface area (Å²) in [6, 6.07) is 8.87. The van der Waals surface area contributed by atoms with Crippen molar-refractivity contribution in [2.45, 2.75) is 37.8 Å². The first-order valence-electron chi connectivity index (χ1n) is 8.09. The van der Waals surface area contributed by atoms with Crippen LogP contribution in [0.4, 0.5) is 10.2 Å².